The number of benzene rings is 3. The Morgan fingerprint density at radius 2 is 1.87 bits per heavy atom. The lowest BCUT2D eigenvalue weighted by Gasteiger charge is -2.31. The number of hydrogen-bond acceptors (Lipinski definition) is 6. The first-order valence-corrected chi connectivity index (χ1v) is 15.1. The zero-order valence-electron chi connectivity index (χ0n) is 24.6. The summed E-state index contributed by atoms with van der Waals surface area (Å²) in [5, 5.41) is 17.2. The SMILES string of the molecule is CC(C)c1cc(F)ccc1N1CCCSC1=NC(=O)N/C=C(\C#N)c1ccc(-c2ncn(-c3ccc(OC(F)(F)F)cc3)n2)cc1. The van der Waals surface area contributed by atoms with Gasteiger partial charge in [-0.1, -0.05) is 49.9 Å². The van der Waals surface area contributed by atoms with Crippen LogP contribution in [0.5, 0.6) is 5.75 Å². The predicted molar refractivity (Wildman–Crippen MR) is 168 cm³/mol. The van der Waals surface area contributed by atoms with Crippen molar-refractivity contribution in [3.8, 4) is 28.9 Å². The van der Waals surface area contributed by atoms with E-state index in [0.717, 1.165) is 23.4 Å². The standard InChI is InChI=1S/C32H27F4N7O2S/c1-20(2)27-16-24(33)8-13-28(27)42-14-3-15-46-31(42)40-30(44)38-18-23(17-37)21-4-6-22(7-5-21)29-39-19-43(41-29)25-9-11-26(12-10-25)45-32(34,35)36/h4-13,16,18-20H,3,14-15H2,1-2H3,(H,38,44)/b23-18+,40-31?. The fraction of sp³-hybridized carbons (Fsp3) is 0.219. The van der Waals surface area contributed by atoms with Gasteiger partial charge in [0.2, 0.25) is 0 Å². The van der Waals surface area contributed by atoms with Gasteiger partial charge in [0.15, 0.2) is 11.0 Å². The van der Waals surface area contributed by atoms with Crippen molar-refractivity contribution < 1.29 is 27.1 Å². The first-order valence-electron chi connectivity index (χ1n) is 14.1. The van der Waals surface area contributed by atoms with Crippen molar-refractivity contribution in [2.24, 2.45) is 4.99 Å². The number of alkyl halides is 3. The van der Waals surface area contributed by atoms with Crippen LogP contribution in [-0.4, -0.2) is 44.6 Å². The molecule has 2 amide bonds. The highest BCUT2D eigenvalue weighted by atomic mass is 32.2. The van der Waals surface area contributed by atoms with Gasteiger partial charge in [0.05, 0.1) is 11.3 Å². The fourth-order valence-corrected chi connectivity index (χ4v) is 5.61. The molecule has 1 fully saturated rings. The highest BCUT2D eigenvalue weighted by Gasteiger charge is 2.31. The van der Waals surface area contributed by atoms with Gasteiger partial charge in [0.1, 0.15) is 24.0 Å². The van der Waals surface area contributed by atoms with Crippen LogP contribution in [0.1, 0.15) is 37.3 Å². The number of ether oxygens (including phenoxy) is 1. The zero-order valence-corrected chi connectivity index (χ0v) is 25.4. The molecule has 0 atom stereocenters. The van der Waals surface area contributed by atoms with E-state index in [0.29, 0.717) is 34.4 Å². The number of rotatable bonds is 7. The third-order valence-electron chi connectivity index (χ3n) is 6.83. The van der Waals surface area contributed by atoms with Crippen LogP contribution in [0.2, 0.25) is 0 Å². The molecule has 0 spiro atoms. The minimum atomic E-state index is -4.78. The summed E-state index contributed by atoms with van der Waals surface area (Å²) in [4.78, 5) is 23.3. The number of hydrogen-bond donors (Lipinski definition) is 1. The van der Waals surface area contributed by atoms with Gasteiger partial charge in [-0.15, -0.1) is 18.3 Å². The Morgan fingerprint density at radius 3 is 2.54 bits per heavy atom. The van der Waals surface area contributed by atoms with Crippen molar-refractivity contribution in [1.29, 1.82) is 5.26 Å². The molecule has 1 N–H and O–H groups in total. The molecular formula is C32H27F4N7O2S. The lowest BCUT2D eigenvalue weighted by molar-refractivity contribution is -0.274. The minimum Gasteiger partial charge on any atom is -0.406 e. The molecule has 1 aliphatic heterocycles. The number of urea groups is 1. The molecule has 14 heteroatoms. The Morgan fingerprint density at radius 1 is 1.13 bits per heavy atom. The average molecular weight is 650 g/mol. The zero-order chi connectivity index (χ0) is 32.8. The number of amidine groups is 1. The maximum atomic E-state index is 14.0. The minimum absolute atomic E-state index is 0.0641. The predicted octanol–water partition coefficient (Wildman–Crippen LogP) is 7.67. The number of carbonyl (C=O) groups excluding carboxylic acids is 1. The number of thioether (sulfide) groups is 1. The monoisotopic (exact) mass is 649 g/mol. The van der Waals surface area contributed by atoms with E-state index in [1.807, 2.05) is 18.7 Å². The molecule has 1 aliphatic rings. The Labute approximate surface area is 266 Å². The van der Waals surface area contributed by atoms with Crippen LogP contribution in [0.25, 0.3) is 22.6 Å². The van der Waals surface area contributed by atoms with Gasteiger partial charge in [0.25, 0.3) is 0 Å². The molecule has 3 aromatic carbocycles. The third kappa shape index (κ3) is 7.91. The molecule has 4 aromatic rings. The van der Waals surface area contributed by atoms with Crippen LogP contribution < -0.4 is 15.0 Å². The number of allylic oxidation sites excluding steroid dienone is 1. The fourth-order valence-electron chi connectivity index (χ4n) is 4.66. The number of carbonyl (C=O) groups is 1. The van der Waals surface area contributed by atoms with Crippen LogP contribution >= 0.6 is 11.8 Å². The van der Waals surface area contributed by atoms with Crippen molar-refractivity contribution in [3.63, 3.8) is 0 Å². The molecule has 236 valence electrons. The number of halogens is 4. The summed E-state index contributed by atoms with van der Waals surface area (Å²) in [6, 6.07) is 18.0. The van der Waals surface area contributed by atoms with Crippen molar-refractivity contribution >= 4 is 34.2 Å². The number of nitriles is 1. The molecule has 0 aliphatic carbocycles. The first-order chi connectivity index (χ1) is 22.0. The molecular weight excluding hydrogens is 622 g/mol. The lowest BCUT2D eigenvalue weighted by atomic mass is 10.00. The largest absolute Gasteiger partial charge is 0.573 e. The van der Waals surface area contributed by atoms with Crippen molar-refractivity contribution in [3.05, 3.63) is 96.2 Å². The van der Waals surface area contributed by atoms with Gasteiger partial charge in [-0.25, -0.2) is 18.9 Å². The Balaban J connectivity index is 1.27. The smallest absolute Gasteiger partial charge is 0.406 e. The Bertz CT molecular complexity index is 1810. The summed E-state index contributed by atoms with van der Waals surface area (Å²) < 4.78 is 56.5. The molecule has 46 heavy (non-hydrogen) atoms. The van der Waals surface area contributed by atoms with E-state index < -0.39 is 12.4 Å². The Kier molecular flexibility index (Phi) is 9.72. The summed E-state index contributed by atoms with van der Waals surface area (Å²) in [5.74, 6) is 0.521. The number of anilines is 1. The average Bonchev–Trinajstić information content (AvgIpc) is 3.52. The van der Waals surface area contributed by atoms with Crippen LogP contribution in [0.15, 0.2) is 84.2 Å². The lowest BCUT2D eigenvalue weighted by Crippen LogP contribution is -2.36. The summed E-state index contributed by atoms with van der Waals surface area (Å²) in [6.45, 7) is 4.59. The van der Waals surface area contributed by atoms with Crippen LogP contribution in [0.3, 0.4) is 0 Å². The summed E-state index contributed by atoms with van der Waals surface area (Å²) in [6.07, 6.45) is -1.20. The van der Waals surface area contributed by atoms with Crippen molar-refractivity contribution in [2.75, 3.05) is 17.2 Å². The molecule has 0 radical (unpaired) electrons. The van der Waals surface area contributed by atoms with E-state index in [1.54, 1.807) is 30.3 Å². The molecule has 1 saturated heterocycles. The first kappa shape index (κ1) is 32.2. The van der Waals surface area contributed by atoms with Gasteiger partial charge in [-0.3, -0.25) is 0 Å². The second-order valence-electron chi connectivity index (χ2n) is 10.4. The molecule has 1 aromatic heterocycles. The van der Waals surface area contributed by atoms with Crippen LogP contribution in [0, 0.1) is 17.1 Å². The Hall–Kier alpha value is -5.16. The van der Waals surface area contributed by atoms with Crippen LogP contribution in [0.4, 0.5) is 28.0 Å². The maximum Gasteiger partial charge on any atom is 0.573 e. The van der Waals surface area contributed by atoms with Gasteiger partial charge in [-0.05, 0) is 65.9 Å². The molecule has 0 saturated carbocycles. The van der Waals surface area contributed by atoms with Gasteiger partial charge < -0.3 is 15.0 Å². The molecule has 0 bridgehead atoms. The van der Waals surface area contributed by atoms with Crippen molar-refractivity contribution in [2.45, 2.75) is 32.5 Å². The van der Waals surface area contributed by atoms with E-state index in [4.69, 9.17) is 0 Å². The van der Waals surface area contributed by atoms with Crippen LogP contribution in [-0.2, 0) is 0 Å². The normalized spacial score (nSPS) is 14.8. The van der Waals surface area contributed by atoms with E-state index in [9.17, 15) is 27.6 Å². The van der Waals surface area contributed by atoms with E-state index in [1.165, 1.54) is 65.4 Å². The molecule has 0 unspecified atom stereocenters. The van der Waals surface area contributed by atoms with E-state index in [-0.39, 0.29) is 23.1 Å². The number of aromatic nitrogens is 3. The summed E-state index contributed by atoms with van der Waals surface area (Å²) in [7, 11) is 0. The van der Waals surface area contributed by atoms with Crippen molar-refractivity contribution in [1.82, 2.24) is 20.1 Å². The third-order valence-corrected chi connectivity index (χ3v) is 7.89. The summed E-state index contributed by atoms with van der Waals surface area (Å²) in [5.41, 5.74) is 3.45. The topological polar surface area (TPSA) is 108 Å². The molecule has 5 rings (SSSR count). The number of aliphatic imine (C=N–C) groups is 1. The quantitative estimate of drug-likeness (QED) is 0.162. The van der Waals surface area contributed by atoms with Gasteiger partial charge >= 0.3 is 12.4 Å². The molecule has 2 heterocycles. The number of amides is 2. The number of nitrogens with one attached hydrogen (secondary N) is 1. The summed E-state index contributed by atoms with van der Waals surface area (Å²) >= 11 is 1.43. The number of nitrogens with zero attached hydrogens (tertiary/aromatic N) is 6. The highest BCUT2D eigenvalue weighted by molar-refractivity contribution is 8.14. The van der Waals surface area contributed by atoms with Gasteiger partial charge in [0, 0.05) is 29.7 Å². The van der Waals surface area contributed by atoms with E-state index in [2.05, 4.69) is 31.2 Å². The highest BCUT2D eigenvalue weighted by Crippen LogP contribution is 2.33. The molecule has 9 nitrogen and oxygen atoms in total. The van der Waals surface area contributed by atoms with Gasteiger partial charge in [-0.2, -0.15) is 10.3 Å². The van der Waals surface area contributed by atoms with E-state index >= 15 is 0 Å². The maximum absolute atomic E-state index is 14.0. The second kappa shape index (κ2) is 13.9. The second-order valence-corrected chi connectivity index (χ2v) is 11.4.